The maximum atomic E-state index is 11.5. The van der Waals surface area contributed by atoms with Gasteiger partial charge in [0.05, 0.1) is 12.1 Å². The van der Waals surface area contributed by atoms with Gasteiger partial charge >= 0.3 is 5.97 Å². The van der Waals surface area contributed by atoms with Crippen molar-refractivity contribution >= 4 is 29.2 Å². The molecule has 6 heteroatoms. The predicted octanol–water partition coefficient (Wildman–Crippen LogP) is 1.79. The third-order valence-corrected chi connectivity index (χ3v) is 2.49. The standard InChI is InChI=1S/C11H12ClNO4/c1-13(10(14)6-11(15)16)7-3-4-9(17-2)8(12)5-7/h3-5H,6H2,1-2H3,(H,15,16). The lowest BCUT2D eigenvalue weighted by atomic mass is 10.2. The van der Waals surface area contributed by atoms with E-state index in [4.69, 9.17) is 21.4 Å². The molecule has 1 N–H and O–H groups in total. The van der Waals surface area contributed by atoms with Crippen LogP contribution in [0.5, 0.6) is 5.75 Å². The van der Waals surface area contributed by atoms with Crippen LogP contribution >= 0.6 is 11.6 Å². The first kappa shape index (κ1) is 13.3. The maximum absolute atomic E-state index is 11.5. The Kier molecular flexibility index (Phi) is 4.34. The highest BCUT2D eigenvalue weighted by atomic mass is 35.5. The molecule has 0 heterocycles. The average Bonchev–Trinajstić information content (AvgIpc) is 2.27. The number of hydrogen-bond acceptors (Lipinski definition) is 3. The number of hydrogen-bond donors (Lipinski definition) is 1. The van der Waals surface area contributed by atoms with Gasteiger partial charge in [0, 0.05) is 12.7 Å². The summed E-state index contributed by atoms with van der Waals surface area (Å²) in [6.45, 7) is 0. The maximum Gasteiger partial charge on any atom is 0.312 e. The molecule has 1 amide bonds. The zero-order valence-corrected chi connectivity index (χ0v) is 10.2. The third kappa shape index (κ3) is 3.35. The molecule has 1 aromatic rings. The average molecular weight is 258 g/mol. The Labute approximate surface area is 104 Å². The zero-order valence-electron chi connectivity index (χ0n) is 9.44. The Balaban J connectivity index is 2.89. The van der Waals surface area contributed by atoms with E-state index in [9.17, 15) is 9.59 Å². The minimum absolute atomic E-state index is 0.361. The fraction of sp³-hybridized carbons (Fsp3) is 0.273. The fourth-order valence-corrected chi connectivity index (χ4v) is 1.51. The van der Waals surface area contributed by atoms with Crippen LogP contribution in [-0.4, -0.2) is 31.1 Å². The zero-order chi connectivity index (χ0) is 13.0. The number of carboxylic acid groups (broad SMARTS) is 1. The van der Waals surface area contributed by atoms with Gasteiger partial charge in [-0.2, -0.15) is 0 Å². The summed E-state index contributed by atoms with van der Waals surface area (Å²) in [4.78, 5) is 23.1. The molecule has 0 saturated heterocycles. The molecular formula is C11H12ClNO4. The summed E-state index contributed by atoms with van der Waals surface area (Å²) in [6, 6.07) is 4.78. The minimum Gasteiger partial charge on any atom is -0.495 e. The SMILES string of the molecule is COc1ccc(N(C)C(=O)CC(=O)O)cc1Cl. The molecule has 17 heavy (non-hydrogen) atoms. The van der Waals surface area contributed by atoms with E-state index < -0.39 is 18.3 Å². The Hall–Kier alpha value is -1.75. The van der Waals surface area contributed by atoms with Crippen LogP contribution in [0.1, 0.15) is 6.42 Å². The van der Waals surface area contributed by atoms with Crippen molar-refractivity contribution < 1.29 is 19.4 Å². The van der Waals surface area contributed by atoms with Gasteiger partial charge in [0.2, 0.25) is 5.91 Å². The number of aliphatic carboxylic acids is 1. The van der Waals surface area contributed by atoms with E-state index in [0.29, 0.717) is 16.5 Å². The lowest BCUT2D eigenvalue weighted by molar-refractivity contribution is -0.140. The van der Waals surface area contributed by atoms with Crippen molar-refractivity contribution in [3.63, 3.8) is 0 Å². The molecule has 1 aromatic carbocycles. The summed E-state index contributed by atoms with van der Waals surface area (Å²) in [5.74, 6) is -1.19. The number of carboxylic acids is 1. The van der Waals surface area contributed by atoms with Gasteiger partial charge in [-0.05, 0) is 18.2 Å². The molecule has 0 atom stereocenters. The van der Waals surface area contributed by atoms with Crippen molar-refractivity contribution in [3.8, 4) is 5.75 Å². The fourth-order valence-electron chi connectivity index (χ4n) is 1.26. The molecule has 0 unspecified atom stereocenters. The Morgan fingerprint density at radius 2 is 2.12 bits per heavy atom. The summed E-state index contributed by atoms with van der Waals surface area (Å²) in [5.41, 5.74) is 0.516. The number of amides is 1. The third-order valence-electron chi connectivity index (χ3n) is 2.20. The molecule has 92 valence electrons. The second-order valence-corrected chi connectivity index (χ2v) is 3.75. The van der Waals surface area contributed by atoms with Crippen LogP contribution in [0.2, 0.25) is 5.02 Å². The molecule has 0 aromatic heterocycles. The summed E-state index contributed by atoms with van der Waals surface area (Å²) in [7, 11) is 2.98. The molecule has 0 aliphatic heterocycles. The van der Waals surface area contributed by atoms with E-state index >= 15 is 0 Å². The van der Waals surface area contributed by atoms with Crippen LogP contribution in [-0.2, 0) is 9.59 Å². The molecular weight excluding hydrogens is 246 g/mol. The van der Waals surface area contributed by atoms with Gasteiger partial charge in [0.1, 0.15) is 12.2 Å². The van der Waals surface area contributed by atoms with Gasteiger partial charge in [-0.15, -0.1) is 0 Å². The van der Waals surface area contributed by atoms with Crippen LogP contribution in [0.4, 0.5) is 5.69 Å². The van der Waals surface area contributed by atoms with Crippen LogP contribution in [0, 0.1) is 0 Å². The van der Waals surface area contributed by atoms with Crippen LogP contribution in [0.3, 0.4) is 0 Å². The molecule has 0 saturated carbocycles. The molecule has 0 radical (unpaired) electrons. The Morgan fingerprint density at radius 1 is 1.47 bits per heavy atom. The van der Waals surface area contributed by atoms with Gasteiger partial charge in [0.15, 0.2) is 0 Å². The second kappa shape index (κ2) is 5.54. The van der Waals surface area contributed by atoms with Crippen LogP contribution in [0.15, 0.2) is 18.2 Å². The van der Waals surface area contributed by atoms with Gasteiger partial charge in [0.25, 0.3) is 0 Å². The summed E-state index contributed by atoms with van der Waals surface area (Å²) < 4.78 is 4.98. The van der Waals surface area contributed by atoms with Crippen LogP contribution in [0.25, 0.3) is 0 Å². The van der Waals surface area contributed by atoms with Gasteiger partial charge < -0.3 is 14.7 Å². The number of ether oxygens (including phenoxy) is 1. The lowest BCUT2D eigenvalue weighted by Crippen LogP contribution is -2.28. The normalized spacial score (nSPS) is 9.82. The summed E-state index contributed by atoms with van der Waals surface area (Å²) >= 11 is 5.90. The molecule has 0 spiro atoms. The number of halogens is 1. The first-order valence-corrected chi connectivity index (χ1v) is 5.15. The van der Waals surface area contributed by atoms with E-state index in [0.717, 1.165) is 0 Å². The monoisotopic (exact) mass is 257 g/mol. The van der Waals surface area contributed by atoms with Crippen molar-refractivity contribution in [1.82, 2.24) is 0 Å². The smallest absolute Gasteiger partial charge is 0.312 e. The van der Waals surface area contributed by atoms with Crippen molar-refractivity contribution in [3.05, 3.63) is 23.2 Å². The number of nitrogens with zero attached hydrogens (tertiary/aromatic N) is 1. The van der Waals surface area contributed by atoms with Crippen molar-refractivity contribution in [2.75, 3.05) is 19.1 Å². The first-order valence-electron chi connectivity index (χ1n) is 4.77. The van der Waals surface area contributed by atoms with E-state index in [1.54, 1.807) is 18.2 Å². The van der Waals surface area contributed by atoms with Crippen molar-refractivity contribution in [2.45, 2.75) is 6.42 Å². The topological polar surface area (TPSA) is 66.8 Å². The van der Waals surface area contributed by atoms with Crippen molar-refractivity contribution in [2.24, 2.45) is 0 Å². The van der Waals surface area contributed by atoms with Crippen molar-refractivity contribution in [1.29, 1.82) is 0 Å². The largest absolute Gasteiger partial charge is 0.495 e. The second-order valence-electron chi connectivity index (χ2n) is 3.34. The first-order chi connectivity index (χ1) is 7.95. The van der Waals surface area contributed by atoms with Gasteiger partial charge in [-0.3, -0.25) is 9.59 Å². The quantitative estimate of drug-likeness (QED) is 0.835. The Morgan fingerprint density at radius 3 is 2.59 bits per heavy atom. The molecule has 0 aliphatic carbocycles. The van der Waals surface area contributed by atoms with E-state index in [1.807, 2.05) is 0 Å². The van der Waals surface area contributed by atoms with E-state index in [2.05, 4.69) is 0 Å². The molecule has 0 fully saturated rings. The number of benzene rings is 1. The summed E-state index contributed by atoms with van der Waals surface area (Å²) in [5, 5.41) is 8.88. The summed E-state index contributed by atoms with van der Waals surface area (Å²) in [6.07, 6.45) is -0.555. The number of carbonyl (C=O) groups excluding carboxylic acids is 1. The van der Waals surface area contributed by atoms with E-state index in [1.165, 1.54) is 19.1 Å². The Bertz CT molecular complexity index is 447. The molecule has 5 nitrogen and oxygen atoms in total. The highest BCUT2D eigenvalue weighted by Crippen LogP contribution is 2.28. The number of methoxy groups -OCH3 is 1. The van der Waals surface area contributed by atoms with Gasteiger partial charge in [-0.1, -0.05) is 11.6 Å². The highest BCUT2D eigenvalue weighted by Gasteiger charge is 2.15. The number of anilines is 1. The lowest BCUT2D eigenvalue weighted by Gasteiger charge is -2.17. The molecule has 1 rings (SSSR count). The molecule has 0 bridgehead atoms. The predicted molar refractivity (Wildman–Crippen MR) is 63.7 cm³/mol. The van der Waals surface area contributed by atoms with Gasteiger partial charge in [-0.25, -0.2) is 0 Å². The number of carbonyl (C=O) groups is 2. The van der Waals surface area contributed by atoms with Crippen LogP contribution < -0.4 is 9.64 Å². The molecule has 0 aliphatic rings. The van der Waals surface area contributed by atoms with E-state index in [-0.39, 0.29) is 0 Å². The minimum atomic E-state index is -1.17. The highest BCUT2D eigenvalue weighted by molar-refractivity contribution is 6.32. The number of rotatable bonds is 4.